The van der Waals surface area contributed by atoms with E-state index < -0.39 is 0 Å². The van der Waals surface area contributed by atoms with Crippen LogP contribution in [0.5, 0.6) is 0 Å². The smallest absolute Gasteiger partial charge is 0.319 e. The zero-order valence-corrected chi connectivity index (χ0v) is 14.2. The summed E-state index contributed by atoms with van der Waals surface area (Å²) >= 11 is 0. The van der Waals surface area contributed by atoms with Crippen molar-refractivity contribution < 1.29 is 14.6 Å². The summed E-state index contributed by atoms with van der Waals surface area (Å²) in [5.41, 5.74) is 1.90. The van der Waals surface area contributed by atoms with Gasteiger partial charge in [0.2, 0.25) is 0 Å². The summed E-state index contributed by atoms with van der Waals surface area (Å²) in [5.74, 6) is 0.186. The molecule has 2 amide bonds. The van der Waals surface area contributed by atoms with Crippen molar-refractivity contribution in [3.05, 3.63) is 29.8 Å². The lowest BCUT2D eigenvalue weighted by Crippen LogP contribution is -2.41. The quantitative estimate of drug-likeness (QED) is 0.747. The Bertz CT molecular complexity index is 526. The van der Waals surface area contributed by atoms with Gasteiger partial charge >= 0.3 is 6.03 Å². The Hall–Kier alpha value is -1.59. The van der Waals surface area contributed by atoms with Crippen molar-refractivity contribution in [2.45, 2.75) is 63.7 Å². The van der Waals surface area contributed by atoms with Crippen LogP contribution in [-0.2, 0) is 11.3 Å². The molecule has 1 aromatic carbocycles. The number of benzene rings is 1. The maximum Gasteiger partial charge on any atom is 0.319 e. The van der Waals surface area contributed by atoms with Crippen LogP contribution in [0.1, 0.15) is 50.5 Å². The minimum absolute atomic E-state index is 0.0779. The van der Waals surface area contributed by atoms with E-state index in [9.17, 15) is 9.90 Å². The highest BCUT2D eigenvalue weighted by Crippen LogP contribution is 2.25. The summed E-state index contributed by atoms with van der Waals surface area (Å²) in [6.45, 7) is 0.776. The number of rotatable bonds is 6. The van der Waals surface area contributed by atoms with E-state index in [1.807, 2.05) is 24.3 Å². The molecule has 3 N–H and O–H groups in total. The fourth-order valence-electron chi connectivity index (χ4n) is 3.73. The van der Waals surface area contributed by atoms with Crippen LogP contribution in [0.3, 0.4) is 0 Å². The number of carbonyl (C=O) groups is 1. The average molecular weight is 332 g/mol. The summed E-state index contributed by atoms with van der Waals surface area (Å²) in [6, 6.07) is 7.69. The Kier molecular flexibility index (Phi) is 6.10. The minimum atomic E-state index is -0.199. The van der Waals surface area contributed by atoms with Gasteiger partial charge in [-0.05, 0) is 43.4 Å². The number of carbonyl (C=O) groups excluding carboxylic acids is 1. The van der Waals surface area contributed by atoms with Crippen LogP contribution < -0.4 is 10.6 Å². The van der Waals surface area contributed by atoms with Crippen molar-refractivity contribution in [1.82, 2.24) is 5.32 Å². The van der Waals surface area contributed by atoms with Crippen LogP contribution in [0.2, 0.25) is 0 Å². The summed E-state index contributed by atoms with van der Waals surface area (Å²) in [5, 5.41) is 15.2. The van der Waals surface area contributed by atoms with Gasteiger partial charge < -0.3 is 20.5 Å². The molecule has 2 saturated carbocycles. The molecule has 0 aliphatic heterocycles. The van der Waals surface area contributed by atoms with Gasteiger partial charge in [0.05, 0.1) is 12.7 Å². The van der Waals surface area contributed by atoms with Crippen LogP contribution in [0.4, 0.5) is 10.5 Å². The van der Waals surface area contributed by atoms with E-state index in [-0.39, 0.29) is 24.6 Å². The van der Waals surface area contributed by atoms with Crippen LogP contribution in [0, 0.1) is 5.92 Å². The zero-order chi connectivity index (χ0) is 16.8. The molecule has 0 heterocycles. The number of hydrogen-bond acceptors (Lipinski definition) is 3. The third-order valence-electron chi connectivity index (χ3n) is 5.21. The van der Waals surface area contributed by atoms with Crippen molar-refractivity contribution in [2.24, 2.45) is 5.92 Å². The standard InChI is InChI=1S/C19H28N2O3/c22-12-15-4-3-7-18(15)21-19(23)20-16-10-8-14(9-11-16)13-24-17-5-1-2-6-17/h8-11,15,17-18,22H,1-7,12-13H2,(H2,20,21,23)/t15-,18-/m1/s1. The lowest BCUT2D eigenvalue weighted by Gasteiger charge is -2.19. The number of hydrogen-bond donors (Lipinski definition) is 3. The van der Waals surface area contributed by atoms with Gasteiger partial charge in [-0.2, -0.15) is 0 Å². The molecule has 24 heavy (non-hydrogen) atoms. The highest BCUT2D eigenvalue weighted by molar-refractivity contribution is 5.89. The fourth-order valence-corrected chi connectivity index (χ4v) is 3.73. The molecule has 5 nitrogen and oxygen atoms in total. The van der Waals surface area contributed by atoms with Gasteiger partial charge in [-0.15, -0.1) is 0 Å². The van der Waals surface area contributed by atoms with Crippen LogP contribution in [0.25, 0.3) is 0 Å². The molecule has 1 aromatic rings. The number of nitrogens with one attached hydrogen (secondary N) is 2. The second kappa shape index (κ2) is 8.49. The molecule has 2 aliphatic carbocycles. The van der Waals surface area contributed by atoms with Crippen molar-refractivity contribution in [3.8, 4) is 0 Å². The molecule has 0 unspecified atom stereocenters. The lowest BCUT2D eigenvalue weighted by atomic mass is 10.1. The van der Waals surface area contributed by atoms with E-state index in [4.69, 9.17) is 4.74 Å². The molecule has 132 valence electrons. The third-order valence-corrected chi connectivity index (χ3v) is 5.21. The van der Waals surface area contributed by atoms with Crippen LogP contribution in [-0.4, -0.2) is 29.9 Å². The number of anilines is 1. The first-order valence-electron chi connectivity index (χ1n) is 9.13. The van der Waals surface area contributed by atoms with Gasteiger partial charge in [0.25, 0.3) is 0 Å². The largest absolute Gasteiger partial charge is 0.396 e. The molecule has 2 atom stereocenters. The van der Waals surface area contributed by atoms with E-state index >= 15 is 0 Å². The Morgan fingerprint density at radius 1 is 1.08 bits per heavy atom. The second-order valence-corrected chi connectivity index (χ2v) is 6.99. The SMILES string of the molecule is O=C(Nc1ccc(COC2CCCC2)cc1)N[C@@H]1CCC[C@@H]1CO. The van der Waals surface area contributed by atoms with E-state index in [1.165, 1.54) is 25.7 Å². The summed E-state index contributed by atoms with van der Waals surface area (Å²) in [7, 11) is 0. The normalized spacial score (nSPS) is 24.2. The Balaban J connectivity index is 1.44. The van der Waals surface area contributed by atoms with Gasteiger partial charge in [-0.3, -0.25) is 0 Å². The van der Waals surface area contributed by atoms with E-state index in [1.54, 1.807) is 0 Å². The predicted octanol–water partition coefficient (Wildman–Crippen LogP) is 3.43. The van der Waals surface area contributed by atoms with E-state index in [0.29, 0.717) is 12.7 Å². The number of amides is 2. The molecule has 3 rings (SSSR count). The van der Waals surface area contributed by atoms with Crippen molar-refractivity contribution in [2.75, 3.05) is 11.9 Å². The predicted molar refractivity (Wildman–Crippen MR) is 93.9 cm³/mol. The van der Waals surface area contributed by atoms with Crippen molar-refractivity contribution in [1.29, 1.82) is 0 Å². The first kappa shape index (κ1) is 17.2. The highest BCUT2D eigenvalue weighted by Gasteiger charge is 2.27. The highest BCUT2D eigenvalue weighted by atomic mass is 16.5. The van der Waals surface area contributed by atoms with Gasteiger partial charge in [0.15, 0.2) is 0 Å². The molecule has 2 fully saturated rings. The van der Waals surface area contributed by atoms with Crippen molar-refractivity contribution in [3.63, 3.8) is 0 Å². The molecular weight excluding hydrogens is 304 g/mol. The van der Waals surface area contributed by atoms with E-state index in [2.05, 4.69) is 10.6 Å². The van der Waals surface area contributed by atoms with Crippen molar-refractivity contribution >= 4 is 11.7 Å². The van der Waals surface area contributed by atoms with Gasteiger partial charge in [0.1, 0.15) is 0 Å². The van der Waals surface area contributed by atoms with Crippen LogP contribution >= 0.6 is 0 Å². The Morgan fingerprint density at radius 3 is 2.54 bits per heavy atom. The number of ether oxygens (including phenoxy) is 1. The summed E-state index contributed by atoms with van der Waals surface area (Å²) in [6.07, 6.45) is 8.31. The van der Waals surface area contributed by atoms with Gasteiger partial charge in [0, 0.05) is 24.3 Å². The molecular formula is C19H28N2O3. The molecule has 0 saturated heterocycles. The average Bonchev–Trinajstić information content (AvgIpc) is 3.25. The van der Waals surface area contributed by atoms with Gasteiger partial charge in [-0.25, -0.2) is 4.79 Å². The number of urea groups is 1. The zero-order valence-electron chi connectivity index (χ0n) is 14.2. The molecule has 0 bridgehead atoms. The Labute approximate surface area is 143 Å². The van der Waals surface area contributed by atoms with Crippen LogP contribution in [0.15, 0.2) is 24.3 Å². The first-order valence-corrected chi connectivity index (χ1v) is 9.13. The number of aliphatic hydroxyl groups is 1. The molecule has 0 aromatic heterocycles. The fraction of sp³-hybridized carbons (Fsp3) is 0.632. The first-order chi connectivity index (χ1) is 11.7. The monoisotopic (exact) mass is 332 g/mol. The molecule has 0 radical (unpaired) electrons. The lowest BCUT2D eigenvalue weighted by molar-refractivity contribution is 0.0457. The second-order valence-electron chi connectivity index (χ2n) is 6.99. The maximum atomic E-state index is 12.1. The topological polar surface area (TPSA) is 70.6 Å². The number of aliphatic hydroxyl groups excluding tert-OH is 1. The summed E-state index contributed by atoms with van der Waals surface area (Å²) in [4.78, 5) is 12.1. The molecule has 0 spiro atoms. The molecule has 5 heteroatoms. The van der Waals surface area contributed by atoms with E-state index in [0.717, 1.165) is 30.5 Å². The Morgan fingerprint density at radius 2 is 1.83 bits per heavy atom. The maximum absolute atomic E-state index is 12.1. The van der Waals surface area contributed by atoms with Gasteiger partial charge in [-0.1, -0.05) is 31.4 Å². The molecule has 2 aliphatic rings. The minimum Gasteiger partial charge on any atom is -0.396 e. The summed E-state index contributed by atoms with van der Waals surface area (Å²) < 4.78 is 5.90. The third kappa shape index (κ3) is 4.71.